The van der Waals surface area contributed by atoms with Gasteiger partial charge in [-0.25, -0.2) is 0 Å². The Labute approximate surface area is 480 Å². The van der Waals surface area contributed by atoms with Crippen LogP contribution in [-0.2, 0) is 28.6 Å². The number of ether oxygens (including phenoxy) is 3. The molecule has 1 atom stereocenters. The van der Waals surface area contributed by atoms with Crippen molar-refractivity contribution in [3.8, 4) is 0 Å². The lowest BCUT2D eigenvalue weighted by Gasteiger charge is -2.18. The molecule has 1 unspecified atom stereocenters. The molecule has 0 rings (SSSR count). The second-order valence-corrected chi connectivity index (χ2v) is 20.5. The van der Waals surface area contributed by atoms with Gasteiger partial charge >= 0.3 is 17.9 Å². The van der Waals surface area contributed by atoms with Crippen LogP contribution in [0.25, 0.3) is 0 Å². The van der Waals surface area contributed by atoms with Crippen LogP contribution >= 0.6 is 0 Å². The van der Waals surface area contributed by atoms with Crippen molar-refractivity contribution < 1.29 is 28.6 Å². The highest BCUT2D eigenvalue weighted by atomic mass is 16.6. The van der Waals surface area contributed by atoms with Gasteiger partial charge in [0.05, 0.1) is 0 Å². The summed E-state index contributed by atoms with van der Waals surface area (Å²) in [6.45, 7) is 6.36. The van der Waals surface area contributed by atoms with Gasteiger partial charge in [-0.05, 0) is 141 Å². The van der Waals surface area contributed by atoms with E-state index in [0.717, 1.165) is 141 Å². The normalized spacial score (nSPS) is 13.1. The number of unbranched alkanes of at least 4 members (excludes halogenated alkanes) is 21. The van der Waals surface area contributed by atoms with Gasteiger partial charge in [-0.1, -0.05) is 256 Å². The van der Waals surface area contributed by atoms with Crippen LogP contribution in [0.5, 0.6) is 0 Å². The minimum Gasteiger partial charge on any atom is -0.462 e. The SMILES string of the molecule is CC/C=C\C/C=C\C/C=C\C/C=C\C/C=C\C/C=C\C/C=C\C/C=C\CCCCC(=O)OCC(COC(=O)CCCCCCC/C=C\C/C=C\C/C=C\CC)OC(=O)CCCCCCCCC/C=C\CCCCCCCCC. The Morgan fingerprint density at radius 2 is 0.500 bits per heavy atom. The standard InChI is InChI=1S/C72H116O6/c1-4-7-10-13-16-19-22-25-28-30-32-33-34-35-36-37-38-39-40-42-44-47-50-53-56-59-62-65-71(74)77-68-69(67-76-70(73)64-61-58-55-52-49-46-43-27-24-21-18-15-12-9-6-3)78-72(75)66-63-60-57-54-51-48-45-41-31-29-26-23-20-17-14-11-8-5-2/h7,9-10,12,16,18-19,21,25,27-29,31-33,35-36,38-39,42-44,50,53,69H,4-6,8,11,13-15,17,20,22-24,26,30,34,37,40-41,45-49,51-52,54-68H2,1-3H3/b10-7-,12-9-,19-16-,21-18-,28-25-,31-29-,33-32-,36-35-,39-38-,43-27-,44-42-,53-50-. The molecule has 0 aromatic rings. The summed E-state index contributed by atoms with van der Waals surface area (Å²) in [5, 5.41) is 0. The second-order valence-electron chi connectivity index (χ2n) is 20.5. The molecule has 78 heavy (non-hydrogen) atoms. The quantitative estimate of drug-likeness (QED) is 0.0261. The van der Waals surface area contributed by atoms with Crippen molar-refractivity contribution in [2.45, 2.75) is 277 Å². The molecule has 0 aromatic carbocycles. The fourth-order valence-corrected chi connectivity index (χ4v) is 8.35. The van der Waals surface area contributed by atoms with E-state index in [9.17, 15) is 14.4 Å². The first-order chi connectivity index (χ1) is 38.5. The molecule has 6 heteroatoms. The fraction of sp³-hybridized carbons (Fsp3) is 0.625. The molecule has 0 radical (unpaired) electrons. The molecule has 6 nitrogen and oxygen atoms in total. The minimum atomic E-state index is -0.813. The highest BCUT2D eigenvalue weighted by molar-refractivity contribution is 5.71. The van der Waals surface area contributed by atoms with Gasteiger partial charge in [0.25, 0.3) is 0 Å². The van der Waals surface area contributed by atoms with Crippen LogP contribution < -0.4 is 0 Å². The Balaban J connectivity index is 4.48. The third-order valence-electron chi connectivity index (χ3n) is 13.1. The average Bonchev–Trinajstić information content (AvgIpc) is 3.44. The first kappa shape index (κ1) is 73.3. The van der Waals surface area contributed by atoms with E-state index in [2.05, 4.69) is 167 Å². The number of carbonyl (C=O) groups excluding carboxylic acids is 3. The summed E-state index contributed by atoms with van der Waals surface area (Å²) >= 11 is 0. The third kappa shape index (κ3) is 62.1. The molecule has 0 aromatic heterocycles. The zero-order valence-electron chi connectivity index (χ0n) is 50.4. The van der Waals surface area contributed by atoms with Crippen molar-refractivity contribution in [2.75, 3.05) is 13.2 Å². The largest absolute Gasteiger partial charge is 0.462 e. The van der Waals surface area contributed by atoms with Gasteiger partial charge in [-0.15, -0.1) is 0 Å². The molecule has 0 amide bonds. The van der Waals surface area contributed by atoms with Crippen molar-refractivity contribution in [1.29, 1.82) is 0 Å². The van der Waals surface area contributed by atoms with E-state index in [1.54, 1.807) is 0 Å². The van der Waals surface area contributed by atoms with E-state index >= 15 is 0 Å². The summed E-state index contributed by atoms with van der Waals surface area (Å²) in [5.74, 6) is -0.973. The molecule has 0 saturated heterocycles. The molecule has 0 aliphatic rings. The molecular formula is C72H116O6. The van der Waals surface area contributed by atoms with Gasteiger partial charge in [-0.3, -0.25) is 14.4 Å². The van der Waals surface area contributed by atoms with E-state index in [1.165, 1.54) is 83.5 Å². The Kier molecular flexibility index (Phi) is 60.9. The van der Waals surface area contributed by atoms with Crippen LogP contribution in [-0.4, -0.2) is 37.2 Å². The highest BCUT2D eigenvalue weighted by Gasteiger charge is 2.19. The van der Waals surface area contributed by atoms with Gasteiger partial charge in [-0.2, -0.15) is 0 Å². The number of allylic oxidation sites excluding steroid dienone is 24. The number of hydrogen-bond acceptors (Lipinski definition) is 6. The highest BCUT2D eigenvalue weighted by Crippen LogP contribution is 2.14. The van der Waals surface area contributed by atoms with Gasteiger partial charge in [0, 0.05) is 19.3 Å². The smallest absolute Gasteiger partial charge is 0.306 e. The van der Waals surface area contributed by atoms with Gasteiger partial charge < -0.3 is 14.2 Å². The molecule has 0 aliphatic carbocycles. The minimum absolute atomic E-state index is 0.107. The molecule has 0 saturated carbocycles. The van der Waals surface area contributed by atoms with Gasteiger partial charge in [0.2, 0.25) is 0 Å². The predicted octanol–water partition coefficient (Wildman–Crippen LogP) is 21.9. The Morgan fingerprint density at radius 3 is 0.821 bits per heavy atom. The van der Waals surface area contributed by atoms with Crippen LogP contribution in [0.2, 0.25) is 0 Å². The summed E-state index contributed by atoms with van der Waals surface area (Å²) < 4.78 is 16.9. The number of rotatable bonds is 56. The molecule has 0 N–H and O–H groups in total. The first-order valence-electron chi connectivity index (χ1n) is 31.8. The van der Waals surface area contributed by atoms with Crippen molar-refractivity contribution in [3.05, 3.63) is 146 Å². The first-order valence-corrected chi connectivity index (χ1v) is 31.8. The second kappa shape index (κ2) is 64.8. The number of esters is 3. The molecule has 0 fully saturated rings. The zero-order valence-corrected chi connectivity index (χ0v) is 50.4. The molecular weight excluding hydrogens is 961 g/mol. The van der Waals surface area contributed by atoms with E-state index in [1.807, 2.05) is 0 Å². The lowest BCUT2D eigenvalue weighted by Crippen LogP contribution is -2.30. The van der Waals surface area contributed by atoms with Crippen LogP contribution in [0, 0.1) is 0 Å². The summed E-state index contributed by atoms with van der Waals surface area (Å²) in [6.07, 6.45) is 92.8. The van der Waals surface area contributed by atoms with Crippen LogP contribution in [0.15, 0.2) is 146 Å². The van der Waals surface area contributed by atoms with E-state index in [-0.39, 0.29) is 31.1 Å². The predicted molar refractivity (Wildman–Crippen MR) is 339 cm³/mol. The zero-order chi connectivity index (χ0) is 56.4. The maximum Gasteiger partial charge on any atom is 0.306 e. The van der Waals surface area contributed by atoms with Crippen LogP contribution in [0.1, 0.15) is 271 Å². The maximum atomic E-state index is 12.9. The average molecular weight is 1080 g/mol. The Hall–Kier alpha value is -4.71. The van der Waals surface area contributed by atoms with Gasteiger partial charge in [0.15, 0.2) is 6.10 Å². The third-order valence-corrected chi connectivity index (χ3v) is 13.1. The summed E-state index contributed by atoms with van der Waals surface area (Å²) in [4.78, 5) is 38.3. The molecule has 0 bridgehead atoms. The monoisotopic (exact) mass is 1080 g/mol. The molecule has 0 heterocycles. The molecule has 440 valence electrons. The van der Waals surface area contributed by atoms with Gasteiger partial charge in [0.1, 0.15) is 13.2 Å². The molecule has 0 spiro atoms. The Morgan fingerprint density at radius 1 is 0.269 bits per heavy atom. The van der Waals surface area contributed by atoms with E-state index in [0.29, 0.717) is 25.7 Å². The summed E-state index contributed by atoms with van der Waals surface area (Å²) in [6, 6.07) is 0. The number of hydrogen-bond donors (Lipinski definition) is 0. The van der Waals surface area contributed by atoms with E-state index < -0.39 is 6.10 Å². The van der Waals surface area contributed by atoms with Crippen LogP contribution in [0.4, 0.5) is 0 Å². The lowest BCUT2D eigenvalue weighted by molar-refractivity contribution is -0.167. The Bertz CT molecular complexity index is 1710. The van der Waals surface area contributed by atoms with E-state index in [4.69, 9.17) is 14.2 Å². The lowest BCUT2D eigenvalue weighted by atomic mass is 10.1. The van der Waals surface area contributed by atoms with Crippen molar-refractivity contribution in [2.24, 2.45) is 0 Å². The van der Waals surface area contributed by atoms with Crippen molar-refractivity contribution in [1.82, 2.24) is 0 Å². The fourth-order valence-electron chi connectivity index (χ4n) is 8.35. The van der Waals surface area contributed by atoms with Crippen molar-refractivity contribution >= 4 is 17.9 Å². The summed E-state index contributed by atoms with van der Waals surface area (Å²) in [5.41, 5.74) is 0. The van der Waals surface area contributed by atoms with Crippen LogP contribution in [0.3, 0.4) is 0 Å². The maximum absolute atomic E-state index is 12.9. The summed E-state index contributed by atoms with van der Waals surface area (Å²) in [7, 11) is 0. The number of carbonyl (C=O) groups is 3. The molecule has 0 aliphatic heterocycles. The van der Waals surface area contributed by atoms with Crippen molar-refractivity contribution in [3.63, 3.8) is 0 Å². The topological polar surface area (TPSA) is 78.9 Å².